The fraction of sp³-hybridized carbons (Fsp3) is 0.357. The summed E-state index contributed by atoms with van der Waals surface area (Å²) in [5, 5.41) is 3.25. The van der Waals surface area contributed by atoms with Gasteiger partial charge in [-0.1, -0.05) is 6.07 Å². The van der Waals surface area contributed by atoms with Crippen LogP contribution in [0.3, 0.4) is 0 Å². The first kappa shape index (κ1) is 12.8. The number of nitrogens with one attached hydrogen (secondary N) is 1. The first-order valence-corrected chi connectivity index (χ1v) is 6.66. The molecule has 0 unspecified atom stereocenters. The molecule has 0 radical (unpaired) electrons. The molecule has 3 rings (SSSR count). The average molecular weight is 271 g/mol. The third-order valence-electron chi connectivity index (χ3n) is 3.42. The van der Waals surface area contributed by atoms with Crippen LogP contribution >= 0.6 is 0 Å². The molecule has 2 aromatic heterocycles. The third-order valence-corrected chi connectivity index (χ3v) is 3.42. The van der Waals surface area contributed by atoms with Gasteiger partial charge >= 0.3 is 0 Å². The summed E-state index contributed by atoms with van der Waals surface area (Å²) >= 11 is 0. The fourth-order valence-corrected chi connectivity index (χ4v) is 2.25. The van der Waals surface area contributed by atoms with E-state index in [1.807, 2.05) is 18.2 Å². The number of nitrogens with two attached hydrogens (primary N) is 1. The van der Waals surface area contributed by atoms with Crippen LogP contribution < -0.4 is 11.1 Å². The van der Waals surface area contributed by atoms with Crippen LogP contribution in [0.4, 0.5) is 11.6 Å². The maximum absolute atomic E-state index is 5.81. The summed E-state index contributed by atoms with van der Waals surface area (Å²) in [6.07, 6.45) is 4.29. The van der Waals surface area contributed by atoms with Crippen molar-refractivity contribution < 1.29 is 4.74 Å². The molecule has 104 valence electrons. The topological polar surface area (TPSA) is 86.0 Å². The van der Waals surface area contributed by atoms with Gasteiger partial charge in [0, 0.05) is 36.9 Å². The van der Waals surface area contributed by atoms with E-state index in [4.69, 9.17) is 10.5 Å². The van der Waals surface area contributed by atoms with Crippen molar-refractivity contribution in [1.29, 1.82) is 0 Å². The van der Waals surface area contributed by atoms with E-state index in [2.05, 4.69) is 20.3 Å². The Morgan fingerprint density at radius 2 is 2.30 bits per heavy atom. The van der Waals surface area contributed by atoms with E-state index in [1.165, 1.54) is 0 Å². The van der Waals surface area contributed by atoms with Crippen LogP contribution in [0.15, 0.2) is 30.7 Å². The molecule has 1 saturated heterocycles. The van der Waals surface area contributed by atoms with Crippen LogP contribution in [0.25, 0.3) is 0 Å². The van der Waals surface area contributed by atoms with Gasteiger partial charge in [-0.2, -0.15) is 0 Å². The van der Waals surface area contributed by atoms with Crippen molar-refractivity contribution in [2.24, 2.45) is 0 Å². The van der Waals surface area contributed by atoms with Crippen molar-refractivity contribution in [2.45, 2.75) is 18.9 Å². The summed E-state index contributed by atoms with van der Waals surface area (Å²) in [4.78, 5) is 12.6. The molecule has 1 aliphatic rings. The predicted octanol–water partition coefficient (Wildman–Crippen LogP) is 1.57. The molecule has 0 bridgehead atoms. The Labute approximate surface area is 117 Å². The summed E-state index contributed by atoms with van der Waals surface area (Å²) < 4.78 is 5.39. The van der Waals surface area contributed by atoms with Crippen LogP contribution in [0.1, 0.15) is 23.6 Å². The van der Waals surface area contributed by atoms with Gasteiger partial charge in [0.15, 0.2) is 0 Å². The normalized spacial score (nSPS) is 18.1. The van der Waals surface area contributed by atoms with Gasteiger partial charge in [-0.15, -0.1) is 0 Å². The van der Waals surface area contributed by atoms with Crippen molar-refractivity contribution in [3.63, 3.8) is 0 Å². The maximum atomic E-state index is 5.81. The van der Waals surface area contributed by atoms with Crippen molar-refractivity contribution in [1.82, 2.24) is 15.0 Å². The lowest BCUT2D eigenvalue weighted by molar-refractivity contribution is 0.193. The summed E-state index contributed by atoms with van der Waals surface area (Å²) in [6, 6.07) is 5.79. The van der Waals surface area contributed by atoms with E-state index in [0.29, 0.717) is 18.3 Å². The second kappa shape index (κ2) is 5.83. The largest absolute Gasteiger partial charge is 0.383 e. The van der Waals surface area contributed by atoms with Crippen molar-refractivity contribution in [3.8, 4) is 0 Å². The summed E-state index contributed by atoms with van der Waals surface area (Å²) in [5.41, 5.74) is 7.80. The minimum Gasteiger partial charge on any atom is -0.383 e. The van der Waals surface area contributed by atoms with Gasteiger partial charge in [0.2, 0.25) is 0 Å². The molecule has 3 heterocycles. The molecular weight excluding hydrogens is 254 g/mol. The molecular formula is C14H17N5O. The van der Waals surface area contributed by atoms with E-state index in [0.717, 1.165) is 36.7 Å². The van der Waals surface area contributed by atoms with Crippen LogP contribution in [0.5, 0.6) is 0 Å². The molecule has 0 aromatic carbocycles. The van der Waals surface area contributed by atoms with Crippen LogP contribution in [0, 0.1) is 0 Å². The molecule has 0 spiro atoms. The zero-order valence-corrected chi connectivity index (χ0v) is 11.1. The highest BCUT2D eigenvalue weighted by Gasteiger charge is 2.19. The van der Waals surface area contributed by atoms with Gasteiger partial charge in [-0.3, -0.25) is 0 Å². The van der Waals surface area contributed by atoms with Gasteiger partial charge in [0.1, 0.15) is 18.0 Å². The number of anilines is 2. The number of nitrogens with zero attached hydrogens (tertiary/aromatic N) is 3. The molecule has 1 fully saturated rings. The van der Waals surface area contributed by atoms with Crippen molar-refractivity contribution in [2.75, 3.05) is 24.3 Å². The minimum atomic E-state index is 0.377. The van der Waals surface area contributed by atoms with Gasteiger partial charge in [0.25, 0.3) is 0 Å². The van der Waals surface area contributed by atoms with E-state index in [1.54, 1.807) is 12.5 Å². The number of pyridine rings is 1. The lowest BCUT2D eigenvalue weighted by Crippen LogP contribution is -2.07. The van der Waals surface area contributed by atoms with Crippen LogP contribution in [0.2, 0.25) is 0 Å². The van der Waals surface area contributed by atoms with E-state index < -0.39 is 0 Å². The van der Waals surface area contributed by atoms with E-state index in [9.17, 15) is 0 Å². The fourth-order valence-electron chi connectivity index (χ4n) is 2.25. The smallest absolute Gasteiger partial charge is 0.129 e. The van der Waals surface area contributed by atoms with E-state index in [-0.39, 0.29) is 0 Å². The zero-order chi connectivity index (χ0) is 13.8. The number of hydrogen-bond acceptors (Lipinski definition) is 6. The molecule has 2 aromatic rings. The summed E-state index contributed by atoms with van der Waals surface area (Å²) in [7, 11) is 0. The first-order chi connectivity index (χ1) is 9.83. The van der Waals surface area contributed by atoms with Gasteiger partial charge in [-0.05, 0) is 12.5 Å². The number of aromatic nitrogens is 3. The van der Waals surface area contributed by atoms with Crippen molar-refractivity contribution >= 4 is 11.6 Å². The molecule has 0 amide bonds. The summed E-state index contributed by atoms with van der Waals surface area (Å²) in [5.74, 6) is 1.71. The Morgan fingerprint density at radius 1 is 1.35 bits per heavy atom. The highest BCUT2D eigenvalue weighted by molar-refractivity contribution is 5.43. The number of rotatable bonds is 4. The minimum absolute atomic E-state index is 0.377. The Hall–Kier alpha value is -2.21. The van der Waals surface area contributed by atoms with Gasteiger partial charge < -0.3 is 15.8 Å². The second-order valence-corrected chi connectivity index (χ2v) is 4.79. The Kier molecular flexibility index (Phi) is 3.73. The van der Waals surface area contributed by atoms with Crippen LogP contribution in [-0.2, 0) is 11.3 Å². The van der Waals surface area contributed by atoms with Crippen LogP contribution in [-0.4, -0.2) is 28.2 Å². The standard InChI is InChI=1S/C14H17N5O/c15-14-10(2-1-4-16-14)7-17-13-6-12(18-9-19-13)11-3-5-20-8-11/h1-2,4,6,9,11H,3,5,7-8H2,(H2,15,16)(H,17,18,19)/t11-/m0/s1. The van der Waals surface area contributed by atoms with Crippen molar-refractivity contribution in [3.05, 3.63) is 42.0 Å². The average Bonchev–Trinajstić information content (AvgIpc) is 3.01. The Bertz CT molecular complexity index is 583. The Balaban J connectivity index is 1.68. The lowest BCUT2D eigenvalue weighted by Gasteiger charge is -2.10. The molecule has 0 aliphatic carbocycles. The third kappa shape index (κ3) is 2.85. The summed E-state index contributed by atoms with van der Waals surface area (Å²) in [6.45, 7) is 2.15. The monoisotopic (exact) mass is 271 g/mol. The highest BCUT2D eigenvalue weighted by Crippen LogP contribution is 2.24. The molecule has 0 saturated carbocycles. The molecule has 20 heavy (non-hydrogen) atoms. The SMILES string of the molecule is Nc1ncccc1CNc1cc([C@H]2CCOC2)ncn1. The molecule has 1 atom stereocenters. The number of ether oxygens (including phenoxy) is 1. The predicted molar refractivity (Wildman–Crippen MR) is 76.2 cm³/mol. The van der Waals surface area contributed by atoms with E-state index >= 15 is 0 Å². The zero-order valence-electron chi connectivity index (χ0n) is 11.1. The molecule has 1 aliphatic heterocycles. The first-order valence-electron chi connectivity index (χ1n) is 6.66. The second-order valence-electron chi connectivity index (χ2n) is 4.79. The molecule has 6 nitrogen and oxygen atoms in total. The van der Waals surface area contributed by atoms with Gasteiger partial charge in [0.05, 0.1) is 12.3 Å². The Morgan fingerprint density at radius 3 is 3.10 bits per heavy atom. The van der Waals surface area contributed by atoms with Gasteiger partial charge in [-0.25, -0.2) is 15.0 Å². The molecule has 3 N–H and O–H groups in total. The molecule has 6 heteroatoms. The maximum Gasteiger partial charge on any atom is 0.129 e. The number of hydrogen-bond donors (Lipinski definition) is 2. The highest BCUT2D eigenvalue weighted by atomic mass is 16.5. The number of nitrogen functional groups attached to an aromatic ring is 1. The quantitative estimate of drug-likeness (QED) is 0.878. The lowest BCUT2D eigenvalue weighted by atomic mass is 10.1.